The minimum Gasteiger partial charge on any atom is -0.485 e. The summed E-state index contributed by atoms with van der Waals surface area (Å²) in [7, 11) is 0. The van der Waals surface area contributed by atoms with E-state index in [4.69, 9.17) is 4.74 Å². The highest BCUT2D eigenvalue weighted by Gasteiger charge is 2.11. The Kier molecular flexibility index (Phi) is 5.56. The lowest BCUT2D eigenvalue weighted by atomic mass is 10.2. The molecule has 0 atom stereocenters. The number of aromatic nitrogens is 2. The zero-order valence-corrected chi connectivity index (χ0v) is 13.8. The van der Waals surface area contributed by atoms with E-state index < -0.39 is 0 Å². The number of halogens is 1. The van der Waals surface area contributed by atoms with E-state index in [9.17, 15) is 4.79 Å². The first-order valence-corrected chi connectivity index (χ1v) is 7.89. The summed E-state index contributed by atoms with van der Waals surface area (Å²) in [5.74, 6) is 0.560. The van der Waals surface area contributed by atoms with Gasteiger partial charge in [0.2, 0.25) is 0 Å². The summed E-state index contributed by atoms with van der Waals surface area (Å²) in [5.41, 5.74) is 1.39. The molecule has 1 aromatic carbocycles. The molecule has 0 fully saturated rings. The molecule has 2 aromatic rings. The van der Waals surface area contributed by atoms with Crippen molar-refractivity contribution >= 4 is 22.2 Å². The van der Waals surface area contributed by atoms with Gasteiger partial charge in [-0.25, -0.2) is 0 Å². The molecule has 4 nitrogen and oxygen atoms in total. The topological polar surface area (TPSA) is 44.1 Å². The highest BCUT2D eigenvalue weighted by atomic mass is 79.9. The zero-order chi connectivity index (χ0) is 15.2. The predicted octanol–water partition coefficient (Wildman–Crippen LogP) is 4.40. The highest BCUT2D eigenvalue weighted by Crippen LogP contribution is 2.28. The Morgan fingerprint density at radius 2 is 2.10 bits per heavy atom. The van der Waals surface area contributed by atoms with E-state index in [1.165, 1.54) is 0 Å². The first kappa shape index (κ1) is 15.8. The SMILES string of the molecule is CCC(CC)n1ccc(COc2c(Br)cccc2C=O)n1. The lowest BCUT2D eigenvalue weighted by Crippen LogP contribution is -2.08. The molecule has 112 valence electrons. The van der Waals surface area contributed by atoms with Crippen molar-refractivity contribution in [1.29, 1.82) is 0 Å². The maximum absolute atomic E-state index is 11.0. The van der Waals surface area contributed by atoms with Crippen molar-refractivity contribution < 1.29 is 9.53 Å². The average Bonchev–Trinajstić information content (AvgIpc) is 2.96. The predicted molar refractivity (Wildman–Crippen MR) is 85.7 cm³/mol. The third-order valence-electron chi connectivity index (χ3n) is 3.47. The standard InChI is InChI=1S/C16H19BrN2O2/c1-3-14(4-2)19-9-8-13(18-19)11-21-16-12(10-20)6-5-7-15(16)17/h5-10,14H,3-4,11H2,1-2H3. The molecule has 0 amide bonds. The summed E-state index contributed by atoms with van der Waals surface area (Å²) >= 11 is 3.40. The monoisotopic (exact) mass is 350 g/mol. The molecule has 0 unspecified atom stereocenters. The number of ether oxygens (including phenoxy) is 1. The number of carbonyl (C=O) groups is 1. The molecular weight excluding hydrogens is 332 g/mol. The smallest absolute Gasteiger partial charge is 0.153 e. The van der Waals surface area contributed by atoms with Gasteiger partial charge in [0.15, 0.2) is 6.29 Å². The molecule has 1 heterocycles. The van der Waals surface area contributed by atoms with Crippen molar-refractivity contribution in [2.24, 2.45) is 0 Å². The van der Waals surface area contributed by atoms with E-state index in [-0.39, 0.29) is 0 Å². The maximum atomic E-state index is 11.0. The molecule has 0 aliphatic carbocycles. The molecule has 2 rings (SSSR count). The van der Waals surface area contributed by atoms with Crippen LogP contribution in [0.1, 0.15) is 48.8 Å². The van der Waals surface area contributed by atoms with E-state index in [1.54, 1.807) is 6.07 Å². The first-order valence-electron chi connectivity index (χ1n) is 7.10. The molecule has 0 radical (unpaired) electrons. The summed E-state index contributed by atoms with van der Waals surface area (Å²) in [6.45, 7) is 4.66. The van der Waals surface area contributed by atoms with Crippen molar-refractivity contribution in [3.05, 3.63) is 46.2 Å². The van der Waals surface area contributed by atoms with E-state index in [0.29, 0.717) is 24.0 Å². The van der Waals surface area contributed by atoms with Crippen molar-refractivity contribution in [3.63, 3.8) is 0 Å². The second-order valence-corrected chi connectivity index (χ2v) is 5.68. The normalized spacial score (nSPS) is 10.9. The van der Waals surface area contributed by atoms with Crippen molar-refractivity contribution in [2.45, 2.75) is 39.3 Å². The van der Waals surface area contributed by atoms with E-state index in [0.717, 1.165) is 29.3 Å². The van der Waals surface area contributed by atoms with E-state index in [2.05, 4.69) is 34.9 Å². The Labute approximate surface area is 133 Å². The van der Waals surface area contributed by atoms with Gasteiger partial charge in [-0.05, 0) is 47.0 Å². The van der Waals surface area contributed by atoms with Gasteiger partial charge in [0, 0.05) is 6.20 Å². The molecule has 1 aromatic heterocycles. The van der Waals surface area contributed by atoms with Crippen LogP contribution in [0.2, 0.25) is 0 Å². The number of benzene rings is 1. The average molecular weight is 351 g/mol. The molecule has 0 spiro atoms. The summed E-state index contributed by atoms with van der Waals surface area (Å²) in [4.78, 5) is 11.0. The molecule has 0 bridgehead atoms. The number of rotatable bonds is 7. The zero-order valence-electron chi connectivity index (χ0n) is 12.3. The van der Waals surface area contributed by atoms with Gasteiger partial charge in [-0.15, -0.1) is 0 Å². The van der Waals surface area contributed by atoms with Crippen LogP contribution in [0.4, 0.5) is 0 Å². The Morgan fingerprint density at radius 1 is 1.33 bits per heavy atom. The Bertz CT molecular complexity index is 606. The number of hydrogen-bond acceptors (Lipinski definition) is 3. The maximum Gasteiger partial charge on any atom is 0.153 e. The third kappa shape index (κ3) is 3.73. The highest BCUT2D eigenvalue weighted by molar-refractivity contribution is 9.10. The molecule has 21 heavy (non-hydrogen) atoms. The van der Waals surface area contributed by atoms with Crippen molar-refractivity contribution in [2.75, 3.05) is 0 Å². The molecule has 0 aliphatic heterocycles. The van der Waals surface area contributed by atoms with Crippen LogP contribution in [-0.4, -0.2) is 16.1 Å². The summed E-state index contributed by atoms with van der Waals surface area (Å²) in [5, 5.41) is 4.54. The van der Waals surface area contributed by atoms with Crippen LogP contribution in [0.5, 0.6) is 5.75 Å². The number of nitrogens with zero attached hydrogens (tertiary/aromatic N) is 2. The van der Waals surface area contributed by atoms with Gasteiger partial charge in [0.1, 0.15) is 12.4 Å². The Morgan fingerprint density at radius 3 is 2.76 bits per heavy atom. The molecule has 0 saturated carbocycles. The van der Waals surface area contributed by atoms with E-state index >= 15 is 0 Å². The summed E-state index contributed by atoms with van der Waals surface area (Å²) < 4.78 is 8.51. The molecule has 0 N–H and O–H groups in total. The quantitative estimate of drug-likeness (QED) is 0.695. The second-order valence-electron chi connectivity index (χ2n) is 4.82. The lowest BCUT2D eigenvalue weighted by molar-refractivity contribution is 0.111. The van der Waals surface area contributed by atoms with E-state index in [1.807, 2.05) is 29.1 Å². The van der Waals surface area contributed by atoms with Gasteiger partial charge in [-0.1, -0.05) is 19.9 Å². The molecule has 5 heteroatoms. The summed E-state index contributed by atoms with van der Waals surface area (Å²) in [6, 6.07) is 7.77. The molecule has 0 aliphatic rings. The largest absolute Gasteiger partial charge is 0.485 e. The van der Waals surface area contributed by atoms with Gasteiger partial charge in [-0.3, -0.25) is 9.48 Å². The van der Waals surface area contributed by atoms with Crippen LogP contribution < -0.4 is 4.74 Å². The third-order valence-corrected chi connectivity index (χ3v) is 4.09. The van der Waals surface area contributed by atoms with Crippen LogP contribution in [0.15, 0.2) is 34.9 Å². The number of para-hydroxylation sites is 1. The van der Waals surface area contributed by atoms with Crippen LogP contribution >= 0.6 is 15.9 Å². The first-order chi connectivity index (χ1) is 10.2. The minimum absolute atomic E-state index is 0.344. The van der Waals surface area contributed by atoms with Crippen LogP contribution in [0, 0.1) is 0 Å². The van der Waals surface area contributed by atoms with Crippen LogP contribution in [0.25, 0.3) is 0 Å². The van der Waals surface area contributed by atoms with Crippen LogP contribution in [-0.2, 0) is 6.61 Å². The molecular formula is C16H19BrN2O2. The fourth-order valence-corrected chi connectivity index (χ4v) is 2.73. The number of carbonyl (C=O) groups excluding carboxylic acids is 1. The van der Waals surface area contributed by atoms with Gasteiger partial charge in [-0.2, -0.15) is 5.10 Å². The Hall–Kier alpha value is -1.62. The number of aldehydes is 1. The summed E-state index contributed by atoms with van der Waals surface area (Å²) in [6.07, 6.45) is 4.88. The van der Waals surface area contributed by atoms with Crippen molar-refractivity contribution in [1.82, 2.24) is 9.78 Å². The molecule has 0 saturated heterocycles. The second kappa shape index (κ2) is 7.41. The minimum atomic E-state index is 0.344. The van der Waals surface area contributed by atoms with Crippen LogP contribution in [0.3, 0.4) is 0 Å². The van der Waals surface area contributed by atoms with Gasteiger partial charge < -0.3 is 4.74 Å². The number of hydrogen-bond donors (Lipinski definition) is 0. The van der Waals surface area contributed by atoms with Gasteiger partial charge in [0.05, 0.1) is 21.8 Å². The fraction of sp³-hybridized carbons (Fsp3) is 0.375. The lowest BCUT2D eigenvalue weighted by Gasteiger charge is -2.12. The van der Waals surface area contributed by atoms with Gasteiger partial charge >= 0.3 is 0 Å². The van der Waals surface area contributed by atoms with Gasteiger partial charge in [0.25, 0.3) is 0 Å². The fourth-order valence-electron chi connectivity index (χ4n) is 2.24. The Balaban J connectivity index is 2.09. The van der Waals surface area contributed by atoms with Crippen molar-refractivity contribution in [3.8, 4) is 5.75 Å².